The van der Waals surface area contributed by atoms with E-state index >= 15 is 0 Å². The van der Waals surface area contributed by atoms with Crippen LogP contribution in [0.25, 0.3) is 10.9 Å². The lowest BCUT2D eigenvalue weighted by molar-refractivity contribution is -0.115. The Balaban J connectivity index is 1.42. The molecule has 6 nitrogen and oxygen atoms in total. The number of aromatic nitrogens is 3. The van der Waals surface area contributed by atoms with Gasteiger partial charge >= 0.3 is 0 Å². The van der Waals surface area contributed by atoms with Crippen molar-refractivity contribution >= 4 is 45.6 Å². The summed E-state index contributed by atoms with van der Waals surface area (Å²) in [5.41, 5.74) is 3.48. The highest BCUT2D eigenvalue weighted by atomic mass is 32.2. The number of carbonyl (C=O) groups excluding carboxylic acids is 1. The molecule has 0 aliphatic rings. The van der Waals surface area contributed by atoms with Crippen LogP contribution in [0.3, 0.4) is 0 Å². The fourth-order valence-electron chi connectivity index (χ4n) is 3.15. The number of nitrogens with one attached hydrogen (secondary N) is 1. The number of rotatable bonds is 7. The van der Waals surface area contributed by atoms with Crippen molar-refractivity contribution in [2.75, 3.05) is 5.32 Å². The molecule has 0 saturated carbocycles. The summed E-state index contributed by atoms with van der Waals surface area (Å²) in [5.74, 6) is 0.495. The summed E-state index contributed by atoms with van der Waals surface area (Å²) in [6.07, 6.45) is 0.233. The van der Waals surface area contributed by atoms with E-state index in [2.05, 4.69) is 15.3 Å². The lowest BCUT2D eigenvalue weighted by Gasteiger charge is -2.10. The second-order valence-corrected chi connectivity index (χ2v) is 8.96. The van der Waals surface area contributed by atoms with E-state index in [0.29, 0.717) is 28.4 Å². The highest BCUT2D eigenvalue weighted by Gasteiger charge is 2.13. The zero-order valence-electron chi connectivity index (χ0n) is 17.3. The van der Waals surface area contributed by atoms with Gasteiger partial charge in [-0.1, -0.05) is 41.6 Å². The molecule has 0 aliphatic heterocycles. The maximum Gasteiger partial charge on any atom is 0.262 e. The molecule has 0 radical (unpaired) electrons. The van der Waals surface area contributed by atoms with Gasteiger partial charge < -0.3 is 5.32 Å². The van der Waals surface area contributed by atoms with E-state index in [1.807, 2.05) is 61.7 Å². The Labute approximate surface area is 188 Å². The monoisotopic (exact) mass is 450 g/mol. The molecular weight excluding hydrogens is 428 g/mol. The summed E-state index contributed by atoms with van der Waals surface area (Å²) in [7, 11) is 0. The van der Waals surface area contributed by atoms with Gasteiger partial charge in [0.15, 0.2) is 5.16 Å². The largest absolute Gasteiger partial charge is 0.326 e. The average Bonchev–Trinajstić information content (AvgIpc) is 3.21. The van der Waals surface area contributed by atoms with E-state index in [4.69, 9.17) is 0 Å². The van der Waals surface area contributed by atoms with Crippen LogP contribution < -0.4 is 10.9 Å². The number of amides is 1. The first kappa shape index (κ1) is 21.3. The van der Waals surface area contributed by atoms with Crippen molar-refractivity contribution in [2.24, 2.45) is 0 Å². The van der Waals surface area contributed by atoms with E-state index in [1.165, 1.54) is 23.1 Å². The van der Waals surface area contributed by atoms with Crippen LogP contribution in [-0.4, -0.2) is 20.4 Å². The molecule has 1 amide bonds. The number of thiazole rings is 1. The number of nitrogens with zero attached hydrogens (tertiary/aromatic N) is 3. The van der Waals surface area contributed by atoms with Crippen molar-refractivity contribution in [3.8, 4) is 0 Å². The minimum absolute atomic E-state index is 0.0256. The number of fused-ring (bicyclic) bond motifs is 1. The van der Waals surface area contributed by atoms with Crippen molar-refractivity contribution in [2.45, 2.75) is 37.7 Å². The van der Waals surface area contributed by atoms with Gasteiger partial charge in [-0.2, -0.15) is 0 Å². The van der Waals surface area contributed by atoms with Crippen LogP contribution in [0.1, 0.15) is 23.2 Å². The third-order valence-electron chi connectivity index (χ3n) is 4.74. The van der Waals surface area contributed by atoms with Crippen LogP contribution in [0.5, 0.6) is 0 Å². The first-order valence-corrected chi connectivity index (χ1v) is 11.8. The van der Waals surface area contributed by atoms with Crippen molar-refractivity contribution in [1.29, 1.82) is 0 Å². The van der Waals surface area contributed by atoms with E-state index in [-0.39, 0.29) is 17.9 Å². The molecule has 2 aromatic carbocycles. The Kier molecular flexibility index (Phi) is 6.48. The maximum absolute atomic E-state index is 12.7. The lowest BCUT2D eigenvalue weighted by Crippen LogP contribution is -2.22. The number of thioether (sulfide) groups is 1. The van der Waals surface area contributed by atoms with Crippen LogP contribution in [0.2, 0.25) is 0 Å². The molecule has 4 aromatic rings. The highest BCUT2D eigenvalue weighted by Crippen LogP contribution is 2.23. The molecule has 2 heterocycles. The van der Waals surface area contributed by atoms with E-state index in [0.717, 1.165) is 22.0 Å². The molecule has 8 heteroatoms. The summed E-state index contributed by atoms with van der Waals surface area (Å²) >= 11 is 2.95. The second-order valence-electron chi connectivity index (χ2n) is 7.07. The Morgan fingerprint density at radius 1 is 1.13 bits per heavy atom. The zero-order valence-corrected chi connectivity index (χ0v) is 18.9. The molecule has 0 atom stereocenters. The highest BCUT2D eigenvalue weighted by molar-refractivity contribution is 7.98. The number of hydrogen-bond donors (Lipinski definition) is 1. The minimum Gasteiger partial charge on any atom is -0.326 e. The maximum atomic E-state index is 12.7. The summed E-state index contributed by atoms with van der Waals surface area (Å²) < 4.78 is 1.69. The number of carbonyl (C=O) groups is 1. The zero-order chi connectivity index (χ0) is 21.8. The first-order chi connectivity index (χ1) is 15.0. The molecule has 0 saturated heterocycles. The van der Waals surface area contributed by atoms with Crippen LogP contribution >= 0.6 is 23.1 Å². The van der Waals surface area contributed by atoms with Gasteiger partial charge in [0.05, 0.1) is 23.0 Å². The summed E-state index contributed by atoms with van der Waals surface area (Å²) in [5, 5.41) is 6.92. The van der Waals surface area contributed by atoms with Gasteiger partial charge in [0.2, 0.25) is 5.91 Å². The quantitative estimate of drug-likeness (QED) is 0.327. The molecule has 0 spiro atoms. The van der Waals surface area contributed by atoms with Crippen molar-refractivity contribution in [3.05, 3.63) is 80.5 Å². The van der Waals surface area contributed by atoms with Gasteiger partial charge in [-0.25, -0.2) is 9.97 Å². The second kappa shape index (κ2) is 9.45. The first-order valence-electron chi connectivity index (χ1n) is 9.95. The summed E-state index contributed by atoms with van der Waals surface area (Å²) in [6.45, 7) is 4.50. The van der Waals surface area contributed by atoms with Crippen LogP contribution in [-0.2, 0) is 23.5 Å². The molecule has 4 rings (SSSR count). The van der Waals surface area contributed by atoms with Gasteiger partial charge in [0.1, 0.15) is 5.01 Å². The number of anilines is 1. The Hall–Kier alpha value is -2.97. The normalized spacial score (nSPS) is 11.0. The van der Waals surface area contributed by atoms with E-state index in [9.17, 15) is 9.59 Å². The molecular formula is C23H22N4O2S2. The third-order valence-corrected chi connectivity index (χ3v) is 6.65. The Morgan fingerprint density at radius 2 is 1.90 bits per heavy atom. The number of benzene rings is 2. The SMILES string of the molecule is CCn1c(SCc2csc(CC(=O)Nc3ccc(C)cc3)n2)nc2ccccc2c1=O. The number of hydrogen-bond acceptors (Lipinski definition) is 6. The predicted molar refractivity (Wildman–Crippen MR) is 127 cm³/mol. The summed E-state index contributed by atoms with van der Waals surface area (Å²) in [6, 6.07) is 15.1. The van der Waals surface area contributed by atoms with E-state index < -0.39 is 0 Å². The molecule has 1 N–H and O–H groups in total. The van der Waals surface area contributed by atoms with Gasteiger partial charge in [-0.15, -0.1) is 11.3 Å². The van der Waals surface area contributed by atoms with Gasteiger partial charge in [-0.3, -0.25) is 14.2 Å². The fourth-order valence-corrected chi connectivity index (χ4v) is 5.00. The Morgan fingerprint density at radius 3 is 2.68 bits per heavy atom. The fraction of sp³-hybridized carbons (Fsp3) is 0.217. The molecule has 0 bridgehead atoms. The Bertz CT molecular complexity index is 1280. The molecule has 2 aromatic heterocycles. The van der Waals surface area contributed by atoms with Crippen molar-refractivity contribution in [3.63, 3.8) is 0 Å². The topological polar surface area (TPSA) is 76.9 Å². The third kappa shape index (κ3) is 5.03. The van der Waals surface area contributed by atoms with Gasteiger partial charge in [0.25, 0.3) is 5.56 Å². The van der Waals surface area contributed by atoms with Crippen molar-refractivity contribution < 1.29 is 4.79 Å². The number of para-hydroxylation sites is 1. The van der Waals surface area contributed by atoms with Gasteiger partial charge in [-0.05, 0) is 38.1 Å². The average molecular weight is 451 g/mol. The molecule has 0 aliphatic carbocycles. The molecule has 0 fully saturated rings. The number of aryl methyl sites for hydroxylation is 1. The minimum atomic E-state index is -0.0894. The molecule has 158 valence electrons. The van der Waals surface area contributed by atoms with Crippen LogP contribution in [0.15, 0.2) is 63.9 Å². The van der Waals surface area contributed by atoms with Gasteiger partial charge in [0, 0.05) is 23.4 Å². The van der Waals surface area contributed by atoms with Crippen LogP contribution in [0.4, 0.5) is 5.69 Å². The van der Waals surface area contributed by atoms with Crippen LogP contribution in [0, 0.1) is 6.92 Å². The lowest BCUT2D eigenvalue weighted by atomic mass is 10.2. The van der Waals surface area contributed by atoms with Crippen molar-refractivity contribution in [1.82, 2.24) is 14.5 Å². The van der Waals surface area contributed by atoms with E-state index in [1.54, 1.807) is 10.6 Å². The smallest absolute Gasteiger partial charge is 0.262 e. The standard InChI is InChI=1S/C23H22N4O2S2/c1-3-27-22(29)18-6-4-5-7-19(18)26-23(27)31-14-17-13-30-21(25-17)12-20(28)24-16-10-8-15(2)9-11-16/h4-11,13H,3,12,14H2,1-2H3,(H,24,28). The predicted octanol–water partition coefficient (Wildman–Crippen LogP) is 4.65. The molecule has 0 unspecified atom stereocenters. The summed E-state index contributed by atoms with van der Waals surface area (Å²) in [4.78, 5) is 34.3. The molecule has 31 heavy (non-hydrogen) atoms.